The van der Waals surface area contributed by atoms with E-state index >= 15 is 0 Å². The smallest absolute Gasteiger partial charge is 0.250 e. The molecule has 2 heterocycles. The minimum atomic E-state index is 0.299. The molecular formula is C15H21N5O2. The lowest BCUT2D eigenvalue weighted by molar-refractivity contribution is 0.00595. The number of methoxy groups -OCH3 is 1. The maximum Gasteiger partial charge on any atom is 0.250 e. The maximum atomic E-state index is 5.79. The number of anilines is 1. The van der Waals surface area contributed by atoms with Crippen LogP contribution in [0.1, 0.15) is 12.8 Å². The molecule has 2 aromatic rings. The third-order valence-electron chi connectivity index (χ3n) is 3.82. The minimum absolute atomic E-state index is 0.299. The molecule has 0 saturated carbocycles. The van der Waals surface area contributed by atoms with Crippen LogP contribution in [0.2, 0.25) is 0 Å². The first-order valence-corrected chi connectivity index (χ1v) is 7.58. The van der Waals surface area contributed by atoms with Gasteiger partial charge in [-0.2, -0.15) is 4.68 Å². The second kappa shape index (κ2) is 7.33. The summed E-state index contributed by atoms with van der Waals surface area (Å²) in [5, 5.41) is 12.1. The highest BCUT2D eigenvalue weighted by atomic mass is 16.5. The largest absolute Gasteiger partial charge is 0.382 e. The zero-order valence-corrected chi connectivity index (χ0v) is 12.8. The molecule has 7 nitrogen and oxygen atoms in total. The van der Waals surface area contributed by atoms with Crippen molar-refractivity contribution in [1.29, 1.82) is 0 Å². The maximum absolute atomic E-state index is 5.79. The van der Waals surface area contributed by atoms with Crippen molar-refractivity contribution in [3.05, 3.63) is 30.3 Å². The Morgan fingerprint density at radius 2 is 1.91 bits per heavy atom. The van der Waals surface area contributed by atoms with Crippen molar-refractivity contribution in [1.82, 2.24) is 20.2 Å². The molecule has 1 aromatic carbocycles. The molecule has 1 aliphatic heterocycles. The molecule has 0 amide bonds. The van der Waals surface area contributed by atoms with Gasteiger partial charge in [0.2, 0.25) is 5.95 Å². The van der Waals surface area contributed by atoms with Gasteiger partial charge in [-0.1, -0.05) is 23.3 Å². The lowest BCUT2D eigenvalue weighted by Gasteiger charge is -2.32. The Hall–Kier alpha value is -1.99. The van der Waals surface area contributed by atoms with Crippen LogP contribution in [0.3, 0.4) is 0 Å². The average Bonchev–Trinajstić information content (AvgIpc) is 3.06. The standard InChI is InChI=1S/C15H21N5O2/c1-21-11-12-22-14-7-9-19(10-8-14)15-16-17-18-20(15)13-5-3-2-4-6-13/h2-6,14H,7-12H2,1H3. The monoisotopic (exact) mass is 303 g/mol. The number of nitrogens with zero attached hydrogens (tertiary/aromatic N) is 5. The van der Waals surface area contributed by atoms with Gasteiger partial charge in [-0.3, -0.25) is 0 Å². The molecule has 22 heavy (non-hydrogen) atoms. The Balaban J connectivity index is 1.62. The van der Waals surface area contributed by atoms with Crippen LogP contribution < -0.4 is 4.90 Å². The van der Waals surface area contributed by atoms with Crippen LogP contribution in [0, 0.1) is 0 Å². The number of aromatic nitrogens is 4. The molecule has 0 radical (unpaired) electrons. The highest BCUT2D eigenvalue weighted by Crippen LogP contribution is 2.21. The first-order valence-electron chi connectivity index (χ1n) is 7.58. The number of hydrogen-bond donors (Lipinski definition) is 0. The van der Waals surface area contributed by atoms with Gasteiger partial charge in [0.1, 0.15) is 0 Å². The summed E-state index contributed by atoms with van der Waals surface area (Å²) in [5.41, 5.74) is 0.973. The summed E-state index contributed by atoms with van der Waals surface area (Å²) in [7, 11) is 1.69. The molecule has 0 bridgehead atoms. The van der Waals surface area contributed by atoms with Gasteiger partial charge in [0.05, 0.1) is 25.0 Å². The predicted octanol–water partition coefficient (Wildman–Crippen LogP) is 1.29. The molecule has 0 N–H and O–H groups in total. The highest BCUT2D eigenvalue weighted by molar-refractivity contribution is 5.40. The van der Waals surface area contributed by atoms with Gasteiger partial charge in [0.25, 0.3) is 0 Å². The topological polar surface area (TPSA) is 65.3 Å². The van der Waals surface area contributed by atoms with Crippen LogP contribution in [0.4, 0.5) is 5.95 Å². The summed E-state index contributed by atoms with van der Waals surface area (Å²) in [4.78, 5) is 2.21. The first-order chi connectivity index (χ1) is 10.9. The van der Waals surface area contributed by atoms with E-state index in [1.807, 2.05) is 30.3 Å². The van der Waals surface area contributed by atoms with Crippen molar-refractivity contribution >= 4 is 5.95 Å². The van der Waals surface area contributed by atoms with Crippen molar-refractivity contribution < 1.29 is 9.47 Å². The summed E-state index contributed by atoms with van der Waals surface area (Å²) in [6, 6.07) is 9.95. The van der Waals surface area contributed by atoms with Gasteiger partial charge in [-0.05, 0) is 35.4 Å². The van der Waals surface area contributed by atoms with Crippen molar-refractivity contribution in [3.63, 3.8) is 0 Å². The zero-order chi connectivity index (χ0) is 15.2. The summed E-state index contributed by atoms with van der Waals surface area (Å²) in [6.07, 6.45) is 2.25. The van der Waals surface area contributed by atoms with Gasteiger partial charge in [0, 0.05) is 20.2 Å². The van der Waals surface area contributed by atoms with Gasteiger partial charge in [-0.15, -0.1) is 0 Å². The number of benzene rings is 1. The molecule has 0 unspecified atom stereocenters. The molecule has 1 aromatic heterocycles. The summed E-state index contributed by atoms with van der Waals surface area (Å²) < 4.78 is 12.6. The SMILES string of the molecule is COCCOC1CCN(c2nnnn2-c2ccccc2)CC1. The van der Waals surface area contributed by atoms with Crippen molar-refractivity contribution in [3.8, 4) is 5.69 Å². The molecule has 0 aliphatic carbocycles. The second-order valence-corrected chi connectivity index (χ2v) is 5.28. The van der Waals surface area contributed by atoms with Crippen molar-refractivity contribution in [2.24, 2.45) is 0 Å². The highest BCUT2D eigenvalue weighted by Gasteiger charge is 2.23. The van der Waals surface area contributed by atoms with E-state index in [4.69, 9.17) is 9.47 Å². The molecule has 1 fully saturated rings. The Morgan fingerprint density at radius 1 is 1.14 bits per heavy atom. The number of para-hydroxylation sites is 1. The Kier molecular flexibility index (Phi) is 4.97. The summed E-state index contributed by atoms with van der Waals surface area (Å²) >= 11 is 0. The van der Waals surface area contributed by atoms with Gasteiger partial charge in [-0.25, -0.2) is 0 Å². The molecule has 0 atom stereocenters. The molecule has 3 rings (SSSR count). The van der Waals surface area contributed by atoms with E-state index in [2.05, 4.69) is 20.4 Å². The molecule has 1 saturated heterocycles. The van der Waals surface area contributed by atoms with E-state index in [-0.39, 0.29) is 0 Å². The van der Waals surface area contributed by atoms with Crippen molar-refractivity contribution in [2.75, 3.05) is 38.3 Å². The molecule has 118 valence electrons. The van der Waals surface area contributed by atoms with E-state index in [1.54, 1.807) is 11.8 Å². The predicted molar refractivity (Wildman–Crippen MR) is 82.2 cm³/mol. The van der Waals surface area contributed by atoms with Crippen LogP contribution in [0.15, 0.2) is 30.3 Å². The van der Waals surface area contributed by atoms with E-state index < -0.39 is 0 Å². The number of rotatable bonds is 6. The van der Waals surface area contributed by atoms with E-state index in [0.717, 1.165) is 37.6 Å². The fourth-order valence-electron chi connectivity index (χ4n) is 2.64. The van der Waals surface area contributed by atoms with Gasteiger partial charge < -0.3 is 14.4 Å². The van der Waals surface area contributed by atoms with Crippen LogP contribution in [0.5, 0.6) is 0 Å². The third kappa shape index (κ3) is 3.42. The lowest BCUT2D eigenvalue weighted by Crippen LogP contribution is -2.38. The van der Waals surface area contributed by atoms with Gasteiger partial charge >= 0.3 is 0 Å². The summed E-state index contributed by atoms with van der Waals surface area (Å²) in [5.74, 6) is 0.793. The van der Waals surface area contributed by atoms with E-state index in [9.17, 15) is 0 Å². The van der Waals surface area contributed by atoms with E-state index in [0.29, 0.717) is 19.3 Å². The lowest BCUT2D eigenvalue weighted by atomic mass is 10.1. The van der Waals surface area contributed by atoms with Crippen LogP contribution in [-0.4, -0.2) is 59.7 Å². The number of ether oxygens (including phenoxy) is 2. The van der Waals surface area contributed by atoms with E-state index in [1.165, 1.54) is 0 Å². The molecular weight excluding hydrogens is 282 g/mol. The van der Waals surface area contributed by atoms with Crippen LogP contribution in [-0.2, 0) is 9.47 Å². The fourth-order valence-corrected chi connectivity index (χ4v) is 2.64. The Bertz CT molecular complexity index is 566. The van der Waals surface area contributed by atoms with Gasteiger partial charge in [0.15, 0.2) is 0 Å². The quantitative estimate of drug-likeness (QED) is 0.749. The molecule has 0 spiro atoms. The molecule has 1 aliphatic rings. The first kappa shape index (κ1) is 14.9. The normalized spacial score (nSPS) is 16.1. The number of tetrazole rings is 1. The van der Waals surface area contributed by atoms with Crippen molar-refractivity contribution in [2.45, 2.75) is 18.9 Å². The second-order valence-electron chi connectivity index (χ2n) is 5.28. The molecule has 7 heteroatoms. The van der Waals surface area contributed by atoms with Crippen LogP contribution >= 0.6 is 0 Å². The average molecular weight is 303 g/mol. The minimum Gasteiger partial charge on any atom is -0.382 e. The summed E-state index contributed by atoms with van der Waals surface area (Å²) in [6.45, 7) is 3.09. The Morgan fingerprint density at radius 3 is 2.64 bits per heavy atom. The number of piperidine rings is 1. The van der Waals surface area contributed by atoms with Crippen LogP contribution in [0.25, 0.3) is 5.69 Å². The fraction of sp³-hybridized carbons (Fsp3) is 0.533. The Labute approximate surface area is 129 Å². The number of hydrogen-bond acceptors (Lipinski definition) is 6. The third-order valence-corrected chi connectivity index (χ3v) is 3.82. The zero-order valence-electron chi connectivity index (χ0n) is 12.8.